The molecule has 2 amide bonds. The predicted octanol–water partition coefficient (Wildman–Crippen LogP) is 2.50. The van der Waals surface area contributed by atoms with E-state index in [-0.39, 0.29) is 11.3 Å². The Morgan fingerprint density at radius 1 is 1.16 bits per heavy atom. The summed E-state index contributed by atoms with van der Waals surface area (Å²) in [7, 11) is -3.86. The Kier molecular flexibility index (Phi) is 6.27. The van der Waals surface area contributed by atoms with Crippen LogP contribution in [0.2, 0.25) is 0 Å². The number of primary amides is 1. The third-order valence-electron chi connectivity index (χ3n) is 4.62. The molecular formula is C22H26N4O5S. The molecule has 0 spiro atoms. The lowest BCUT2D eigenvalue weighted by molar-refractivity contribution is -0.120. The van der Waals surface area contributed by atoms with Gasteiger partial charge in [-0.3, -0.25) is 4.79 Å². The number of hydrogen-bond donors (Lipinski definition) is 2. The number of hydrogen-bond acceptors (Lipinski definition) is 6. The van der Waals surface area contributed by atoms with Crippen LogP contribution in [0.15, 0.2) is 53.6 Å². The van der Waals surface area contributed by atoms with Crippen molar-refractivity contribution in [1.82, 2.24) is 14.5 Å². The molecule has 2 aromatic carbocycles. The Morgan fingerprint density at radius 3 is 2.41 bits per heavy atom. The molecule has 0 fully saturated rings. The monoisotopic (exact) mass is 458 g/mol. The van der Waals surface area contributed by atoms with E-state index < -0.39 is 33.7 Å². The molecule has 0 unspecified atom stereocenters. The van der Waals surface area contributed by atoms with Gasteiger partial charge in [0.25, 0.3) is 10.0 Å². The number of fused-ring (bicyclic) bond motifs is 1. The maximum Gasteiger partial charge on any atom is 0.408 e. The average Bonchev–Trinajstić information content (AvgIpc) is 3.10. The molecule has 1 atom stereocenters. The summed E-state index contributed by atoms with van der Waals surface area (Å²) in [6.07, 6.45) is 0.797. The van der Waals surface area contributed by atoms with Gasteiger partial charge in [-0.15, -0.1) is 0 Å². The van der Waals surface area contributed by atoms with E-state index in [9.17, 15) is 18.0 Å². The molecule has 0 bridgehead atoms. The minimum absolute atomic E-state index is 0.112. The largest absolute Gasteiger partial charge is 0.444 e. The van der Waals surface area contributed by atoms with E-state index in [2.05, 4.69) is 10.4 Å². The summed E-state index contributed by atoms with van der Waals surface area (Å²) in [5.74, 6) is -0.714. The third kappa shape index (κ3) is 5.25. The van der Waals surface area contributed by atoms with Crippen LogP contribution in [0.3, 0.4) is 0 Å². The molecule has 0 saturated heterocycles. The van der Waals surface area contributed by atoms with Crippen LogP contribution in [0, 0.1) is 6.92 Å². The highest BCUT2D eigenvalue weighted by Crippen LogP contribution is 2.22. The minimum atomic E-state index is -3.86. The molecule has 1 aromatic heterocycles. The van der Waals surface area contributed by atoms with Crippen molar-refractivity contribution in [1.29, 1.82) is 0 Å². The molecule has 9 nitrogen and oxygen atoms in total. The lowest BCUT2D eigenvalue weighted by atomic mass is 10.0. The fourth-order valence-corrected chi connectivity index (χ4v) is 4.37. The second-order valence-corrected chi connectivity index (χ2v) is 10.3. The van der Waals surface area contributed by atoms with Crippen LogP contribution in [0.5, 0.6) is 0 Å². The van der Waals surface area contributed by atoms with E-state index in [0.29, 0.717) is 16.5 Å². The molecule has 32 heavy (non-hydrogen) atoms. The molecule has 0 aliphatic heterocycles. The van der Waals surface area contributed by atoms with Gasteiger partial charge in [0.05, 0.1) is 16.6 Å². The molecule has 0 saturated carbocycles. The minimum Gasteiger partial charge on any atom is -0.444 e. The zero-order valence-electron chi connectivity index (χ0n) is 18.3. The molecule has 0 radical (unpaired) electrons. The average molecular weight is 459 g/mol. The van der Waals surface area contributed by atoms with Gasteiger partial charge in [0.1, 0.15) is 11.6 Å². The number of benzene rings is 2. The lowest BCUT2D eigenvalue weighted by Crippen LogP contribution is -2.47. The van der Waals surface area contributed by atoms with Gasteiger partial charge < -0.3 is 15.8 Å². The first-order chi connectivity index (χ1) is 14.9. The van der Waals surface area contributed by atoms with E-state index >= 15 is 0 Å². The fourth-order valence-electron chi connectivity index (χ4n) is 3.10. The number of alkyl carbamates (subject to hydrolysis) is 1. The summed E-state index contributed by atoms with van der Waals surface area (Å²) in [6.45, 7) is 7.00. The van der Waals surface area contributed by atoms with Crippen LogP contribution in [-0.2, 0) is 26.0 Å². The zero-order chi connectivity index (χ0) is 23.7. The number of carbonyl (C=O) groups is 2. The topological polar surface area (TPSA) is 133 Å². The summed E-state index contributed by atoms with van der Waals surface area (Å²) in [5.41, 5.74) is 6.73. The first-order valence-corrected chi connectivity index (χ1v) is 11.4. The van der Waals surface area contributed by atoms with Gasteiger partial charge in [-0.1, -0.05) is 23.8 Å². The molecule has 3 N–H and O–H groups in total. The van der Waals surface area contributed by atoms with Crippen molar-refractivity contribution in [2.24, 2.45) is 5.73 Å². The normalized spacial score (nSPS) is 13.0. The summed E-state index contributed by atoms with van der Waals surface area (Å²) in [6, 6.07) is 10.5. The highest BCUT2D eigenvalue weighted by molar-refractivity contribution is 7.90. The Labute approximate surface area is 186 Å². The van der Waals surface area contributed by atoms with Gasteiger partial charge in [-0.05, 0) is 57.5 Å². The van der Waals surface area contributed by atoms with Crippen LogP contribution >= 0.6 is 0 Å². The van der Waals surface area contributed by atoms with Crippen LogP contribution in [0.1, 0.15) is 31.9 Å². The van der Waals surface area contributed by atoms with E-state index in [0.717, 1.165) is 9.65 Å². The van der Waals surface area contributed by atoms with Crippen molar-refractivity contribution in [2.75, 3.05) is 0 Å². The van der Waals surface area contributed by atoms with Crippen molar-refractivity contribution in [2.45, 2.75) is 50.7 Å². The van der Waals surface area contributed by atoms with Gasteiger partial charge in [-0.25, -0.2) is 4.79 Å². The standard InChI is InChI=1S/C22H26N4O5S/c1-14-5-8-17(9-6-14)32(29,30)26-19-10-7-15(11-16(19)13-24-26)12-18(20(23)27)25-21(28)31-22(2,3)4/h5-11,13,18H,12H2,1-4H3,(H2,23,27)(H,25,28)/t18-/m0/s1. The summed E-state index contributed by atoms with van der Waals surface area (Å²) < 4.78 is 32.1. The van der Waals surface area contributed by atoms with Crippen molar-refractivity contribution < 1.29 is 22.7 Å². The van der Waals surface area contributed by atoms with Crippen LogP contribution in [0.25, 0.3) is 10.9 Å². The molecule has 3 rings (SSSR count). The number of carbonyl (C=O) groups excluding carboxylic acids is 2. The van der Waals surface area contributed by atoms with E-state index in [4.69, 9.17) is 10.5 Å². The number of ether oxygens (including phenoxy) is 1. The van der Waals surface area contributed by atoms with Crippen molar-refractivity contribution in [3.05, 3.63) is 59.8 Å². The molecule has 0 aliphatic rings. The van der Waals surface area contributed by atoms with E-state index in [1.54, 1.807) is 51.1 Å². The Bertz CT molecular complexity index is 1260. The van der Waals surface area contributed by atoms with Gasteiger partial charge in [0, 0.05) is 11.8 Å². The van der Waals surface area contributed by atoms with Gasteiger partial charge in [-0.2, -0.15) is 17.6 Å². The fraction of sp³-hybridized carbons (Fsp3) is 0.318. The number of nitrogens with zero attached hydrogens (tertiary/aromatic N) is 2. The smallest absolute Gasteiger partial charge is 0.408 e. The lowest BCUT2D eigenvalue weighted by Gasteiger charge is -2.22. The molecule has 1 heterocycles. The SMILES string of the molecule is Cc1ccc(S(=O)(=O)n2ncc3cc(C[C@H](NC(=O)OC(C)(C)C)C(N)=O)ccc32)cc1. The van der Waals surface area contributed by atoms with Crippen LogP contribution in [-0.4, -0.2) is 41.2 Å². The maximum absolute atomic E-state index is 13.0. The first-order valence-electron chi connectivity index (χ1n) is 9.94. The van der Waals surface area contributed by atoms with Gasteiger partial charge in [0.2, 0.25) is 5.91 Å². The highest BCUT2D eigenvalue weighted by atomic mass is 32.2. The van der Waals surface area contributed by atoms with Gasteiger partial charge >= 0.3 is 6.09 Å². The molecule has 170 valence electrons. The van der Waals surface area contributed by atoms with Crippen molar-refractivity contribution in [3.63, 3.8) is 0 Å². The Balaban J connectivity index is 1.85. The second-order valence-electron chi connectivity index (χ2n) is 8.50. The molecule has 0 aliphatic carbocycles. The number of rotatable bonds is 6. The quantitative estimate of drug-likeness (QED) is 0.583. The number of aryl methyl sites for hydroxylation is 1. The first kappa shape index (κ1) is 23.3. The number of amides is 2. The highest BCUT2D eigenvalue weighted by Gasteiger charge is 2.24. The van der Waals surface area contributed by atoms with Crippen LogP contribution in [0.4, 0.5) is 4.79 Å². The van der Waals surface area contributed by atoms with E-state index in [1.165, 1.54) is 18.3 Å². The van der Waals surface area contributed by atoms with Crippen molar-refractivity contribution >= 4 is 32.9 Å². The maximum atomic E-state index is 13.0. The van der Waals surface area contributed by atoms with Crippen molar-refractivity contribution in [3.8, 4) is 0 Å². The molecule has 10 heteroatoms. The summed E-state index contributed by atoms with van der Waals surface area (Å²) in [4.78, 5) is 24.0. The Hall–Kier alpha value is -3.40. The number of aromatic nitrogens is 2. The second kappa shape index (κ2) is 8.62. The Morgan fingerprint density at radius 2 is 1.81 bits per heavy atom. The molecular weight excluding hydrogens is 432 g/mol. The molecule has 3 aromatic rings. The number of nitrogens with one attached hydrogen (secondary N) is 1. The summed E-state index contributed by atoms with van der Waals surface area (Å²) in [5, 5.41) is 7.10. The van der Waals surface area contributed by atoms with E-state index in [1.807, 2.05) is 6.92 Å². The summed E-state index contributed by atoms with van der Waals surface area (Å²) >= 11 is 0. The zero-order valence-corrected chi connectivity index (χ0v) is 19.1. The van der Waals surface area contributed by atoms with Gasteiger partial charge in [0.15, 0.2) is 0 Å². The van der Waals surface area contributed by atoms with Crippen LogP contribution < -0.4 is 11.1 Å². The third-order valence-corrected chi connectivity index (χ3v) is 6.23. The predicted molar refractivity (Wildman–Crippen MR) is 120 cm³/mol. The number of nitrogens with two attached hydrogens (primary N) is 1.